The molecule has 0 spiro atoms. The number of sulfonamides is 1. The van der Waals surface area contributed by atoms with E-state index in [1.807, 2.05) is 0 Å². The van der Waals surface area contributed by atoms with Crippen molar-refractivity contribution in [3.8, 4) is 0 Å². The van der Waals surface area contributed by atoms with Crippen LogP contribution >= 0.6 is 0 Å². The molecule has 0 radical (unpaired) electrons. The Labute approximate surface area is 122 Å². The van der Waals surface area contributed by atoms with Gasteiger partial charge in [-0.05, 0) is 18.8 Å². The summed E-state index contributed by atoms with van der Waals surface area (Å²) in [6.45, 7) is 1.13. The third-order valence-corrected chi connectivity index (χ3v) is 4.81. The SMILES string of the molecule is CS(=O)(=O)N1CCCC(CNc2cc(F)c(F)cc2F)C1. The predicted octanol–water partition coefficient (Wildman–Crippen LogP) is 2.19. The summed E-state index contributed by atoms with van der Waals surface area (Å²) in [6, 6.07) is 1.25. The van der Waals surface area contributed by atoms with E-state index in [0.717, 1.165) is 25.2 Å². The topological polar surface area (TPSA) is 49.4 Å². The normalized spacial score (nSPS) is 20.5. The van der Waals surface area contributed by atoms with Gasteiger partial charge in [0.25, 0.3) is 0 Å². The standard InChI is InChI=1S/C13H17F3N2O2S/c1-21(19,20)18-4-2-3-9(8-18)7-17-13-6-11(15)10(14)5-12(13)16/h5-6,9,17H,2-4,7-8H2,1H3. The number of halogens is 3. The minimum absolute atomic E-state index is 0.000916. The Morgan fingerprint density at radius 2 is 1.90 bits per heavy atom. The molecule has 8 heteroatoms. The number of hydrogen-bond acceptors (Lipinski definition) is 3. The van der Waals surface area contributed by atoms with Crippen molar-refractivity contribution in [1.82, 2.24) is 4.31 Å². The van der Waals surface area contributed by atoms with Crippen molar-refractivity contribution in [2.75, 3.05) is 31.2 Å². The molecule has 118 valence electrons. The van der Waals surface area contributed by atoms with Crippen LogP contribution in [0.5, 0.6) is 0 Å². The first kappa shape index (κ1) is 16.1. The van der Waals surface area contributed by atoms with Crippen LogP contribution in [0.15, 0.2) is 12.1 Å². The van der Waals surface area contributed by atoms with Gasteiger partial charge in [0.2, 0.25) is 10.0 Å². The lowest BCUT2D eigenvalue weighted by Crippen LogP contribution is -2.41. The molecule has 1 fully saturated rings. The Kier molecular flexibility index (Phi) is 4.77. The van der Waals surface area contributed by atoms with Gasteiger partial charge >= 0.3 is 0 Å². The molecule has 1 atom stereocenters. The maximum absolute atomic E-state index is 13.5. The van der Waals surface area contributed by atoms with Crippen LogP contribution in [-0.2, 0) is 10.0 Å². The average molecular weight is 322 g/mol. The van der Waals surface area contributed by atoms with Gasteiger partial charge in [0.05, 0.1) is 11.9 Å². The van der Waals surface area contributed by atoms with Crippen molar-refractivity contribution in [2.45, 2.75) is 12.8 Å². The van der Waals surface area contributed by atoms with E-state index < -0.39 is 27.5 Å². The Bertz CT molecular complexity index is 622. The Balaban J connectivity index is 1.98. The maximum atomic E-state index is 13.5. The molecule has 1 aromatic rings. The second-order valence-corrected chi connectivity index (χ2v) is 7.24. The van der Waals surface area contributed by atoms with Gasteiger partial charge in [-0.3, -0.25) is 0 Å². The summed E-state index contributed by atoms with van der Waals surface area (Å²) in [5.74, 6) is -3.23. The van der Waals surface area contributed by atoms with Crippen LogP contribution in [0.25, 0.3) is 0 Å². The molecule has 1 aliphatic heterocycles. The fourth-order valence-electron chi connectivity index (χ4n) is 2.41. The van der Waals surface area contributed by atoms with E-state index in [9.17, 15) is 21.6 Å². The quantitative estimate of drug-likeness (QED) is 0.865. The van der Waals surface area contributed by atoms with Crippen LogP contribution in [0.1, 0.15) is 12.8 Å². The molecule has 1 aromatic carbocycles. The van der Waals surface area contributed by atoms with Crippen LogP contribution < -0.4 is 5.32 Å². The van der Waals surface area contributed by atoms with Gasteiger partial charge in [0.15, 0.2) is 11.6 Å². The zero-order valence-electron chi connectivity index (χ0n) is 11.6. The highest BCUT2D eigenvalue weighted by atomic mass is 32.2. The average Bonchev–Trinajstić information content (AvgIpc) is 2.41. The molecule has 0 saturated carbocycles. The molecule has 0 bridgehead atoms. The summed E-state index contributed by atoms with van der Waals surface area (Å²) in [5, 5.41) is 2.72. The fraction of sp³-hybridized carbons (Fsp3) is 0.538. The lowest BCUT2D eigenvalue weighted by atomic mass is 9.99. The Morgan fingerprint density at radius 3 is 2.57 bits per heavy atom. The number of nitrogens with zero attached hydrogens (tertiary/aromatic N) is 1. The minimum Gasteiger partial charge on any atom is -0.382 e. The van der Waals surface area contributed by atoms with Gasteiger partial charge in [0.1, 0.15) is 5.82 Å². The van der Waals surface area contributed by atoms with Crippen LogP contribution in [-0.4, -0.2) is 38.6 Å². The van der Waals surface area contributed by atoms with Crippen molar-refractivity contribution >= 4 is 15.7 Å². The number of benzene rings is 1. The molecule has 2 rings (SSSR count). The van der Waals surface area contributed by atoms with Crippen molar-refractivity contribution in [1.29, 1.82) is 0 Å². The molecule has 4 nitrogen and oxygen atoms in total. The zero-order chi connectivity index (χ0) is 15.6. The zero-order valence-corrected chi connectivity index (χ0v) is 12.4. The first-order chi connectivity index (χ1) is 9.77. The van der Waals surface area contributed by atoms with Crippen LogP contribution in [0.3, 0.4) is 0 Å². The molecular formula is C13H17F3N2O2S. The summed E-state index contributed by atoms with van der Waals surface area (Å²) in [4.78, 5) is 0. The summed E-state index contributed by atoms with van der Waals surface area (Å²) < 4.78 is 63.7. The second-order valence-electron chi connectivity index (χ2n) is 5.26. The van der Waals surface area contributed by atoms with E-state index in [1.165, 1.54) is 4.31 Å². The summed E-state index contributed by atoms with van der Waals surface area (Å²) in [5.41, 5.74) is -0.120. The van der Waals surface area contributed by atoms with Gasteiger partial charge < -0.3 is 5.32 Å². The minimum atomic E-state index is -3.24. The highest BCUT2D eigenvalue weighted by Crippen LogP contribution is 2.22. The third kappa shape index (κ3) is 4.10. The van der Waals surface area contributed by atoms with E-state index in [-0.39, 0.29) is 11.6 Å². The fourth-order valence-corrected chi connectivity index (χ4v) is 3.35. The molecule has 0 aromatic heterocycles. The first-order valence-corrected chi connectivity index (χ1v) is 8.45. The van der Waals surface area contributed by atoms with Crippen molar-refractivity contribution < 1.29 is 21.6 Å². The van der Waals surface area contributed by atoms with E-state index >= 15 is 0 Å². The number of nitrogens with one attached hydrogen (secondary N) is 1. The van der Waals surface area contributed by atoms with E-state index in [2.05, 4.69) is 5.32 Å². The highest BCUT2D eigenvalue weighted by molar-refractivity contribution is 7.88. The third-order valence-electron chi connectivity index (χ3n) is 3.54. The predicted molar refractivity (Wildman–Crippen MR) is 73.9 cm³/mol. The number of hydrogen-bond donors (Lipinski definition) is 1. The highest BCUT2D eigenvalue weighted by Gasteiger charge is 2.25. The lowest BCUT2D eigenvalue weighted by Gasteiger charge is -2.31. The van der Waals surface area contributed by atoms with Gasteiger partial charge in [-0.15, -0.1) is 0 Å². The van der Waals surface area contributed by atoms with Crippen LogP contribution in [0.2, 0.25) is 0 Å². The van der Waals surface area contributed by atoms with E-state index in [1.54, 1.807) is 0 Å². The van der Waals surface area contributed by atoms with Gasteiger partial charge in [-0.25, -0.2) is 25.9 Å². The summed E-state index contributed by atoms with van der Waals surface area (Å²) >= 11 is 0. The second kappa shape index (κ2) is 6.23. The molecular weight excluding hydrogens is 305 g/mol. The smallest absolute Gasteiger partial charge is 0.211 e. The van der Waals surface area contributed by atoms with Crippen molar-refractivity contribution in [3.63, 3.8) is 0 Å². The summed E-state index contributed by atoms with van der Waals surface area (Å²) in [7, 11) is -3.24. The van der Waals surface area contributed by atoms with E-state index in [0.29, 0.717) is 25.7 Å². The molecule has 1 heterocycles. The lowest BCUT2D eigenvalue weighted by molar-refractivity contribution is 0.276. The van der Waals surface area contributed by atoms with Crippen LogP contribution in [0.4, 0.5) is 18.9 Å². The van der Waals surface area contributed by atoms with Crippen molar-refractivity contribution in [2.24, 2.45) is 5.92 Å². The van der Waals surface area contributed by atoms with Gasteiger partial charge in [0, 0.05) is 31.8 Å². The number of piperidine rings is 1. The summed E-state index contributed by atoms with van der Waals surface area (Å²) in [6.07, 6.45) is 2.67. The molecule has 0 aliphatic carbocycles. The number of anilines is 1. The molecule has 1 saturated heterocycles. The maximum Gasteiger partial charge on any atom is 0.211 e. The first-order valence-electron chi connectivity index (χ1n) is 6.61. The monoisotopic (exact) mass is 322 g/mol. The molecule has 0 amide bonds. The van der Waals surface area contributed by atoms with Gasteiger partial charge in [-0.2, -0.15) is 0 Å². The molecule has 1 aliphatic rings. The van der Waals surface area contributed by atoms with E-state index in [4.69, 9.17) is 0 Å². The molecule has 1 N–H and O–H groups in total. The van der Waals surface area contributed by atoms with Crippen molar-refractivity contribution in [3.05, 3.63) is 29.6 Å². The Hall–Kier alpha value is -1.28. The largest absolute Gasteiger partial charge is 0.382 e. The Morgan fingerprint density at radius 1 is 1.24 bits per heavy atom. The van der Waals surface area contributed by atoms with Crippen LogP contribution in [0, 0.1) is 23.4 Å². The van der Waals surface area contributed by atoms with Gasteiger partial charge in [-0.1, -0.05) is 0 Å². The molecule has 1 unspecified atom stereocenters. The molecule has 21 heavy (non-hydrogen) atoms. The number of rotatable bonds is 4.